The van der Waals surface area contributed by atoms with E-state index in [-0.39, 0.29) is 30.1 Å². The molecule has 1 saturated heterocycles. The molecule has 3 rings (SSSR count). The standard InChI is InChI=1S/C21H32N6OS.HI/c1-4-19-24-21(29-25-19)27-14-12-26(13-15-27)20(22-3)23-11-8-16-28-17(2)18-9-6-5-7-10-18;/h5-7,9-10,17H,4,8,11-16H2,1-3H3,(H,22,23);1H. The smallest absolute Gasteiger partial charge is 0.205 e. The fraction of sp³-hybridized carbons (Fsp3) is 0.571. The summed E-state index contributed by atoms with van der Waals surface area (Å²) in [6, 6.07) is 10.3. The molecule has 1 atom stereocenters. The first-order valence-corrected chi connectivity index (χ1v) is 11.2. The van der Waals surface area contributed by atoms with Crippen molar-refractivity contribution in [3.8, 4) is 0 Å². The number of nitrogens with zero attached hydrogens (tertiary/aromatic N) is 5. The highest BCUT2D eigenvalue weighted by Gasteiger charge is 2.21. The van der Waals surface area contributed by atoms with Gasteiger partial charge in [-0.15, -0.1) is 24.0 Å². The van der Waals surface area contributed by atoms with Crippen LogP contribution in [0.15, 0.2) is 35.3 Å². The largest absolute Gasteiger partial charge is 0.374 e. The van der Waals surface area contributed by atoms with Crippen LogP contribution in [0.2, 0.25) is 0 Å². The second-order valence-electron chi connectivity index (χ2n) is 7.07. The van der Waals surface area contributed by atoms with Crippen molar-refractivity contribution >= 4 is 46.6 Å². The quantitative estimate of drug-likeness (QED) is 0.237. The molecule has 1 aromatic heterocycles. The van der Waals surface area contributed by atoms with Crippen LogP contribution in [-0.2, 0) is 11.2 Å². The van der Waals surface area contributed by atoms with E-state index in [0.29, 0.717) is 0 Å². The highest BCUT2D eigenvalue weighted by Crippen LogP contribution is 2.19. The molecule has 1 aliphatic rings. The van der Waals surface area contributed by atoms with Crippen LogP contribution in [0.4, 0.5) is 5.13 Å². The van der Waals surface area contributed by atoms with Crippen LogP contribution in [0.25, 0.3) is 0 Å². The van der Waals surface area contributed by atoms with Gasteiger partial charge in [0.25, 0.3) is 0 Å². The molecule has 1 aromatic carbocycles. The number of hydrogen-bond donors (Lipinski definition) is 1. The number of anilines is 1. The van der Waals surface area contributed by atoms with Crippen LogP contribution in [0.3, 0.4) is 0 Å². The van der Waals surface area contributed by atoms with Crippen molar-refractivity contribution in [3.05, 3.63) is 41.7 Å². The first-order valence-electron chi connectivity index (χ1n) is 10.4. The van der Waals surface area contributed by atoms with Gasteiger partial charge in [-0.25, -0.2) is 4.98 Å². The molecule has 1 aliphatic heterocycles. The number of benzene rings is 1. The lowest BCUT2D eigenvalue weighted by atomic mass is 10.1. The topological polar surface area (TPSA) is 65.9 Å². The van der Waals surface area contributed by atoms with Gasteiger partial charge < -0.3 is 19.9 Å². The minimum atomic E-state index is 0. The lowest BCUT2D eigenvalue weighted by Gasteiger charge is -2.36. The van der Waals surface area contributed by atoms with Crippen LogP contribution >= 0.6 is 35.5 Å². The molecule has 0 bridgehead atoms. The van der Waals surface area contributed by atoms with E-state index in [1.807, 2.05) is 25.2 Å². The molecule has 0 spiro atoms. The Balaban J connectivity index is 0.00000320. The summed E-state index contributed by atoms with van der Waals surface area (Å²) in [6.45, 7) is 9.52. The first kappa shape index (κ1) is 24.8. The van der Waals surface area contributed by atoms with Crippen molar-refractivity contribution in [2.75, 3.05) is 51.3 Å². The maximum Gasteiger partial charge on any atom is 0.205 e. The lowest BCUT2D eigenvalue weighted by Crippen LogP contribution is -2.52. The molecule has 0 amide bonds. The van der Waals surface area contributed by atoms with Crippen molar-refractivity contribution < 1.29 is 4.74 Å². The van der Waals surface area contributed by atoms with Gasteiger partial charge in [0.1, 0.15) is 5.82 Å². The second kappa shape index (κ2) is 13.1. The average molecular weight is 545 g/mol. The lowest BCUT2D eigenvalue weighted by molar-refractivity contribution is 0.0645. The molecular weight excluding hydrogens is 511 g/mol. The Bertz CT molecular complexity index is 764. The van der Waals surface area contributed by atoms with Crippen LogP contribution in [0.5, 0.6) is 0 Å². The highest BCUT2D eigenvalue weighted by molar-refractivity contribution is 14.0. The molecule has 166 valence electrons. The number of guanidine groups is 1. The van der Waals surface area contributed by atoms with Crippen LogP contribution in [0, 0.1) is 0 Å². The summed E-state index contributed by atoms with van der Waals surface area (Å²) in [4.78, 5) is 13.7. The minimum Gasteiger partial charge on any atom is -0.374 e. The summed E-state index contributed by atoms with van der Waals surface area (Å²) >= 11 is 1.50. The van der Waals surface area contributed by atoms with Crippen LogP contribution in [0.1, 0.15) is 37.8 Å². The number of aliphatic imine (C=N–C) groups is 1. The van der Waals surface area contributed by atoms with Gasteiger partial charge in [-0.2, -0.15) is 4.37 Å². The Morgan fingerprint density at radius 3 is 2.60 bits per heavy atom. The third-order valence-electron chi connectivity index (χ3n) is 5.08. The Kier molecular flexibility index (Phi) is 10.8. The number of piperazine rings is 1. The number of hydrogen-bond acceptors (Lipinski definition) is 6. The summed E-state index contributed by atoms with van der Waals surface area (Å²) in [5.41, 5.74) is 1.22. The molecule has 9 heteroatoms. The maximum atomic E-state index is 5.95. The zero-order valence-corrected chi connectivity index (χ0v) is 21.2. The number of aromatic nitrogens is 2. The van der Waals surface area contributed by atoms with Crippen molar-refractivity contribution in [2.45, 2.75) is 32.8 Å². The fourth-order valence-corrected chi connectivity index (χ4v) is 4.11. The molecule has 0 aliphatic carbocycles. The first-order chi connectivity index (χ1) is 14.2. The molecule has 0 saturated carbocycles. The number of aryl methyl sites for hydroxylation is 1. The fourth-order valence-electron chi connectivity index (χ4n) is 3.31. The van der Waals surface area contributed by atoms with Gasteiger partial charge in [0, 0.05) is 64.3 Å². The van der Waals surface area contributed by atoms with Gasteiger partial charge in [-0.3, -0.25) is 4.99 Å². The number of ether oxygens (including phenoxy) is 1. The summed E-state index contributed by atoms with van der Waals surface area (Å²) < 4.78 is 10.3. The molecule has 0 radical (unpaired) electrons. The van der Waals surface area contributed by atoms with E-state index < -0.39 is 0 Å². The number of halogens is 1. The van der Waals surface area contributed by atoms with Gasteiger partial charge >= 0.3 is 0 Å². The Morgan fingerprint density at radius 2 is 1.97 bits per heavy atom. The molecular formula is C21H33IN6OS. The third kappa shape index (κ3) is 7.05. The van der Waals surface area contributed by atoms with Crippen LogP contribution < -0.4 is 10.2 Å². The number of rotatable bonds is 8. The second-order valence-corrected chi connectivity index (χ2v) is 7.80. The predicted molar refractivity (Wildman–Crippen MR) is 135 cm³/mol. The summed E-state index contributed by atoms with van der Waals surface area (Å²) in [6.07, 6.45) is 1.96. The van der Waals surface area contributed by atoms with Gasteiger partial charge in [0.2, 0.25) is 5.13 Å². The highest BCUT2D eigenvalue weighted by atomic mass is 127. The molecule has 7 nitrogen and oxygen atoms in total. The zero-order valence-electron chi connectivity index (χ0n) is 18.1. The van der Waals surface area contributed by atoms with Crippen molar-refractivity contribution in [3.63, 3.8) is 0 Å². The minimum absolute atomic E-state index is 0. The summed E-state index contributed by atoms with van der Waals surface area (Å²) in [5.74, 6) is 1.90. The monoisotopic (exact) mass is 544 g/mol. The van der Waals surface area contributed by atoms with E-state index in [1.54, 1.807) is 0 Å². The normalized spacial score (nSPS) is 15.6. The molecule has 2 heterocycles. The van der Waals surface area contributed by atoms with E-state index in [1.165, 1.54) is 17.1 Å². The Morgan fingerprint density at radius 1 is 1.23 bits per heavy atom. The zero-order chi connectivity index (χ0) is 20.5. The summed E-state index contributed by atoms with van der Waals surface area (Å²) in [5, 5.41) is 4.51. The van der Waals surface area contributed by atoms with Crippen molar-refractivity contribution in [2.24, 2.45) is 4.99 Å². The molecule has 1 unspecified atom stereocenters. The van der Waals surface area contributed by atoms with Gasteiger partial charge in [0.05, 0.1) is 6.10 Å². The van der Waals surface area contributed by atoms with Gasteiger partial charge in [-0.05, 0) is 18.9 Å². The van der Waals surface area contributed by atoms with Crippen molar-refractivity contribution in [1.82, 2.24) is 19.6 Å². The molecule has 30 heavy (non-hydrogen) atoms. The van der Waals surface area contributed by atoms with E-state index in [4.69, 9.17) is 4.74 Å². The van der Waals surface area contributed by atoms with Gasteiger partial charge in [-0.1, -0.05) is 37.3 Å². The average Bonchev–Trinajstić information content (AvgIpc) is 3.26. The molecule has 1 N–H and O–H groups in total. The molecule has 1 fully saturated rings. The Hall–Kier alpha value is -1.46. The summed E-state index contributed by atoms with van der Waals surface area (Å²) in [7, 11) is 1.85. The van der Waals surface area contributed by atoms with E-state index in [2.05, 4.69) is 55.4 Å². The predicted octanol–water partition coefficient (Wildman–Crippen LogP) is 3.58. The number of nitrogens with one attached hydrogen (secondary N) is 1. The molecule has 2 aromatic rings. The van der Waals surface area contributed by atoms with E-state index >= 15 is 0 Å². The van der Waals surface area contributed by atoms with E-state index in [9.17, 15) is 0 Å². The van der Waals surface area contributed by atoms with Gasteiger partial charge in [0.15, 0.2) is 5.96 Å². The van der Waals surface area contributed by atoms with Crippen LogP contribution in [-0.4, -0.2) is 66.6 Å². The third-order valence-corrected chi connectivity index (χ3v) is 5.89. The van der Waals surface area contributed by atoms with Crippen molar-refractivity contribution in [1.29, 1.82) is 0 Å². The maximum absolute atomic E-state index is 5.95. The SMILES string of the molecule is CCc1nsc(N2CCN(C(=NC)NCCCOC(C)c3ccccc3)CC2)n1.I. The Labute approximate surface area is 201 Å². The van der Waals surface area contributed by atoms with E-state index in [0.717, 1.165) is 69.1 Å².